The predicted molar refractivity (Wildman–Crippen MR) is 85.6 cm³/mol. The fourth-order valence-electron chi connectivity index (χ4n) is 2.59. The Morgan fingerprint density at radius 2 is 2.05 bits per heavy atom. The third kappa shape index (κ3) is 5.14. The standard InChI is InChI=1S/C17H24N2O2/c1-2-12-21-16-11-7-6-10-15(16)18-13-17(20)19-14-8-4-3-5-9-14/h2,6-7,10-11,14,18H,1,3-5,8-9,12-13H2,(H,19,20). The summed E-state index contributed by atoms with van der Waals surface area (Å²) < 4.78 is 5.56. The monoisotopic (exact) mass is 288 g/mol. The van der Waals surface area contributed by atoms with Gasteiger partial charge in [0.05, 0.1) is 12.2 Å². The third-order valence-electron chi connectivity index (χ3n) is 3.65. The Balaban J connectivity index is 1.81. The van der Waals surface area contributed by atoms with Crippen molar-refractivity contribution in [2.45, 2.75) is 38.1 Å². The van der Waals surface area contributed by atoms with E-state index in [0.717, 1.165) is 24.3 Å². The van der Waals surface area contributed by atoms with Gasteiger partial charge in [-0.2, -0.15) is 0 Å². The van der Waals surface area contributed by atoms with E-state index in [1.165, 1.54) is 19.3 Å². The van der Waals surface area contributed by atoms with Crippen LogP contribution in [0.15, 0.2) is 36.9 Å². The molecule has 21 heavy (non-hydrogen) atoms. The minimum absolute atomic E-state index is 0.0421. The highest BCUT2D eigenvalue weighted by atomic mass is 16.5. The molecule has 4 nitrogen and oxygen atoms in total. The molecule has 0 aliphatic heterocycles. The predicted octanol–water partition coefficient (Wildman–Crippen LogP) is 3.11. The number of amides is 1. The van der Waals surface area contributed by atoms with Crippen LogP contribution in [0.25, 0.3) is 0 Å². The van der Waals surface area contributed by atoms with Gasteiger partial charge in [0.25, 0.3) is 0 Å². The van der Waals surface area contributed by atoms with Crippen LogP contribution in [-0.2, 0) is 4.79 Å². The Morgan fingerprint density at radius 1 is 1.29 bits per heavy atom. The molecule has 114 valence electrons. The number of ether oxygens (including phenoxy) is 1. The summed E-state index contributed by atoms with van der Waals surface area (Å²) in [6, 6.07) is 7.96. The molecule has 0 atom stereocenters. The van der Waals surface area contributed by atoms with Crippen LogP contribution in [0.3, 0.4) is 0 Å². The van der Waals surface area contributed by atoms with Crippen LogP contribution in [0.4, 0.5) is 5.69 Å². The average molecular weight is 288 g/mol. The number of carbonyl (C=O) groups is 1. The van der Waals surface area contributed by atoms with Gasteiger partial charge < -0.3 is 15.4 Å². The summed E-state index contributed by atoms with van der Waals surface area (Å²) in [7, 11) is 0. The fourth-order valence-corrected chi connectivity index (χ4v) is 2.59. The van der Waals surface area contributed by atoms with E-state index in [2.05, 4.69) is 17.2 Å². The fraction of sp³-hybridized carbons (Fsp3) is 0.471. The van der Waals surface area contributed by atoms with Gasteiger partial charge in [-0.25, -0.2) is 0 Å². The molecule has 0 saturated heterocycles. The number of hydrogen-bond acceptors (Lipinski definition) is 3. The first-order valence-electron chi connectivity index (χ1n) is 7.65. The summed E-state index contributed by atoms with van der Waals surface area (Å²) in [4.78, 5) is 12.0. The van der Waals surface area contributed by atoms with Crippen molar-refractivity contribution < 1.29 is 9.53 Å². The number of hydrogen-bond donors (Lipinski definition) is 2. The zero-order valence-electron chi connectivity index (χ0n) is 12.4. The maximum absolute atomic E-state index is 12.0. The van der Waals surface area contributed by atoms with Gasteiger partial charge in [0.2, 0.25) is 5.91 Å². The summed E-state index contributed by atoms with van der Waals surface area (Å²) in [5.74, 6) is 0.781. The molecule has 2 rings (SSSR count). The normalized spacial score (nSPS) is 15.2. The minimum atomic E-state index is 0.0421. The van der Waals surface area contributed by atoms with E-state index in [1.54, 1.807) is 6.08 Å². The molecule has 0 aromatic heterocycles. The van der Waals surface area contributed by atoms with E-state index in [4.69, 9.17) is 4.74 Å². The first-order chi connectivity index (χ1) is 10.3. The lowest BCUT2D eigenvalue weighted by Gasteiger charge is -2.23. The van der Waals surface area contributed by atoms with Gasteiger partial charge in [-0.15, -0.1) is 0 Å². The van der Waals surface area contributed by atoms with E-state index in [-0.39, 0.29) is 12.5 Å². The minimum Gasteiger partial charge on any atom is -0.487 e. The van der Waals surface area contributed by atoms with Crippen LogP contribution >= 0.6 is 0 Å². The number of para-hydroxylation sites is 2. The van der Waals surface area contributed by atoms with Gasteiger partial charge >= 0.3 is 0 Å². The van der Waals surface area contributed by atoms with Crippen molar-refractivity contribution in [3.63, 3.8) is 0 Å². The molecule has 0 radical (unpaired) electrons. The van der Waals surface area contributed by atoms with Crippen molar-refractivity contribution in [1.82, 2.24) is 5.32 Å². The number of benzene rings is 1. The van der Waals surface area contributed by atoms with Crippen LogP contribution in [0.1, 0.15) is 32.1 Å². The molecule has 1 aromatic rings. The number of carbonyl (C=O) groups excluding carboxylic acids is 1. The zero-order chi connectivity index (χ0) is 14.9. The topological polar surface area (TPSA) is 50.4 Å². The molecule has 0 bridgehead atoms. The highest BCUT2D eigenvalue weighted by Crippen LogP contribution is 2.23. The first-order valence-corrected chi connectivity index (χ1v) is 7.65. The van der Waals surface area contributed by atoms with Crippen LogP contribution in [0.5, 0.6) is 5.75 Å². The Kier molecular flexibility index (Phi) is 6.13. The molecule has 1 fully saturated rings. The second kappa shape index (κ2) is 8.35. The molecule has 1 amide bonds. The summed E-state index contributed by atoms with van der Waals surface area (Å²) >= 11 is 0. The molecule has 1 saturated carbocycles. The summed E-state index contributed by atoms with van der Waals surface area (Å²) in [6.45, 7) is 4.36. The number of anilines is 1. The van der Waals surface area contributed by atoms with E-state index in [1.807, 2.05) is 24.3 Å². The van der Waals surface area contributed by atoms with Gasteiger partial charge in [-0.05, 0) is 25.0 Å². The van der Waals surface area contributed by atoms with Crippen LogP contribution in [0.2, 0.25) is 0 Å². The van der Waals surface area contributed by atoms with Crippen molar-refractivity contribution in [2.24, 2.45) is 0 Å². The van der Waals surface area contributed by atoms with Crippen molar-refractivity contribution in [1.29, 1.82) is 0 Å². The largest absolute Gasteiger partial charge is 0.487 e. The van der Waals surface area contributed by atoms with E-state index >= 15 is 0 Å². The Bertz CT molecular complexity index is 468. The van der Waals surface area contributed by atoms with Crippen molar-refractivity contribution >= 4 is 11.6 Å². The van der Waals surface area contributed by atoms with Crippen molar-refractivity contribution in [2.75, 3.05) is 18.5 Å². The lowest BCUT2D eigenvalue weighted by Crippen LogP contribution is -2.39. The highest BCUT2D eigenvalue weighted by molar-refractivity contribution is 5.81. The number of rotatable bonds is 7. The molecular formula is C17H24N2O2. The molecule has 1 aliphatic carbocycles. The van der Waals surface area contributed by atoms with Gasteiger partial charge in [-0.3, -0.25) is 4.79 Å². The molecule has 1 aliphatic rings. The SMILES string of the molecule is C=CCOc1ccccc1NCC(=O)NC1CCCCC1. The zero-order valence-corrected chi connectivity index (χ0v) is 12.4. The highest BCUT2D eigenvalue weighted by Gasteiger charge is 2.15. The van der Waals surface area contributed by atoms with E-state index < -0.39 is 0 Å². The maximum atomic E-state index is 12.0. The van der Waals surface area contributed by atoms with Gasteiger partial charge in [0.15, 0.2) is 0 Å². The van der Waals surface area contributed by atoms with Crippen molar-refractivity contribution in [3.8, 4) is 5.75 Å². The number of nitrogens with one attached hydrogen (secondary N) is 2. The Morgan fingerprint density at radius 3 is 2.81 bits per heavy atom. The van der Waals surface area contributed by atoms with E-state index in [0.29, 0.717) is 12.6 Å². The summed E-state index contributed by atoms with van der Waals surface area (Å²) in [5, 5.41) is 6.23. The van der Waals surface area contributed by atoms with Crippen LogP contribution < -0.4 is 15.4 Å². The van der Waals surface area contributed by atoms with Crippen molar-refractivity contribution in [3.05, 3.63) is 36.9 Å². The van der Waals surface area contributed by atoms with Crippen LogP contribution in [0, 0.1) is 0 Å². The summed E-state index contributed by atoms with van der Waals surface area (Å²) in [5.41, 5.74) is 0.832. The lowest BCUT2D eigenvalue weighted by molar-refractivity contribution is -0.120. The van der Waals surface area contributed by atoms with Crippen LogP contribution in [-0.4, -0.2) is 25.1 Å². The Hall–Kier alpha value is -1.97. The Labute approximate surface area is 126 Å². The molecule has 4 heteroatoms. The quantitative estimate of drug-likeness (QED) is 0.758. The third-order valence-corrected chi connectivity index (χ3v) is 3.65. The molecule has 0 spiro atoms. The second-order valence-electron chi connectivity index (χ2n) is 5.35. The lowest BCUT2D eigenvalue weighted by atomic mass is 9.95. The molecule has 0 heterocycles. The molecule has 0 unspecified atom stereocenters. The molecular weight excluding hydrogens is 264 g/mol. The smallest absolute Gasteiger partial charge is 0.239 e. The second-order valence-corrected chi connectivity index (χ2v) is 5.35. The summed E-state index contributed by atoms with van der Waals surface area (Å²) in [6.07, 6.45) is 7.63. The van der Waals surface area contributed by atoms with Gasteiger partial charge in [0, 0.05) is 6.04 Å². The van der Waals surface area contributed by atoms with Gasteiger partial charge in [-0.1, -0.05) is 44.1 Å². The molecule has 1 aromatic carbocycles. The first kappa shape index (κ1) is 15.4. The maximum Gasteiger partial charge on any atom is 0.239 e. The van der Waals surface area contributed by atoms with Gasteiger partial charge in [0.1, 0.15) is 12.4 Å². The average Bonchev–Trinajstić information content (AvgIpc) is 2.52. The molecule has 2 N–H and O–H groups in total. The van der Waals surface area contributed by atoms with E-state index in [9.17, 15) is 4.79 Å².